The predicted molar refractivity (Wildman–Crippen MR) is 58.3 cm³/mol. The average molecular weight is 239 g/mol. The molecule has 2 rings (SSSR count). The van der Waals surface area contributed by atoms with Crippen LogP contribution in [0.4, 0.5) is 15.8 Å². The van der Waals surface area contributed by atoms with Crippen LogP contribution >= 0.6 is 0 Å². The van der Waals surface area contributed by atoms with Gasteiger partial charge in [0.25, 0.3) is 5.69 Å². The van der Waals surface area contributed by atoms with E-state index in [0.717, 1.165) is 6.07 Å². The summed E-state index contributed by atoms with van der Waals surface area (Å²) in [5.41, 5.74) is 0.0394. The van der Waals surface area contributed by atoms with Crippen LogP contribution in [-0.4, -0.2) is 30.5 Å². The zero-order valence-corrected chi connectivity index (χ0v) is 8.85. The molecule has 1 amide bonds. The second-order valence-electron chi connectivity index (χ2n) is 3.70. The van der Waals surface area contributed by atoms with Gasteiger partial charge in [-0.05, 0) is 6.07 Å². The number of nitrogens with zero attached hydrogens (tertiary/aromatic N) is 2. The molecule has 17 heavy (non-hydrogen) atoms. The number of anilines is 1. The van der Waals surface area contributed by atoms with Gasteiger partial charge < -0.3 is 10.2 Å². The van der Waals surface area contributed by atoms with Gasteiger partial charge in [-0.2, -0.15) is 0 Å². The number of non-ortho nitro benzene ring substituents is 1. The summed E-state index contributed by atoms with van der Waals surface area (Å²) in [5, 5.41) is 13.2. The lowest BCUT2D eigenvalue weighted by molar-refractivity contribution is -0.385. The number of amides is 1. The van der Waals surface area contributed by atoms with Crippen LogP contribution in [0.3, 0.4) is 0 Å². The Hall–Kier alpha value is -2.18. The van der Waals surface area contributed by atoms with E-state index in [4.69, 9.17) is 0 Å². The molecule has 1 aliphatic heterocycles. The normalized spacial score (nSPS) is 15.6. The fourth-order valence-corrected chi connectivity index (χ4v) is 1.71. The standard InChI is InChI=1S/C10H10FN3O3/c11-7-3-8(5-9(4-7)14(16)17)13-2-1-12-10(15)6-13/h3-5H,1-2,6H2,(H,12,15). The minimum atomic E-state index is -0.680. The SMILES string of the molecule is O=C1CN(c2cc(F)cc([N+](=O)[O-])c2)CCN1. The molecule has 0 radical (unpaired) electrons. The van der Waals surface area contributed by atoms with Gasteiger partial charge in [-0.25, -0.2) is 4.39 Å². The third-order valence-corrected chi connectivity index (χ3v) is 2.48. The lowest BCUT2D eigenvalue weighted by Crippen LogP contribution is -2.47. The first-order valence-electron chi connectivity index (χ1n) is 5.03. The molecule has 0 aromatic heterocycles. The van der Waals surface area contributed by atoms with Gasteiger partial charge in [0, 0.05) is 24.8 Å². The van der Waals surface area contributed by atoms with Crippen LogP contribution in [-0.2, 0) is 4.79 Å². The van der Waals surface area contributed by atoms with E-state index in [9.17, 15) is 19.3 Å². The molecule has 0 unspecified atom stereocenters. The maximum Gasteiger partial charge on any atom is 0.274 e. The summed E-state index contributed by atoms with van der Waals surface area (Å²) < 4.78 is 13.2. The van der Waals surface area contributed by atoms with E-state index < -0.39 is 10.7 Å². The van der Waals surface area contributed by atoms with Crippen molar-refractivity contribution >= 4 is 17.3 Å². The van der Waals surface area contributed by atoms with Gasteiger partial charge in [0.05, 0.1) is 17.5 Å². The van der Waals surface area contributed by atoms with Crippen molar-refractivity contribution in [2.45, 2.75) is 0 Å². The van der Waals surface area contributed by atoms with Crippen LogP contribution < -0.4 is 10.2 Å². The number of nitro benzene ring substituents is 1. The van der Waals surface area contributed by atoms with Gasteiger partial charge in [0.15, 0.2) is 0 Å². The Morgan fingerprint density at radius 2 is 2.18 bits per heavy atom. The minimum Gasteiger partial charge on any atom is -0.360 e. The molecular formula is C10H10FN3O3. The lowest BCUT2D eigenvalue weighted by atomic mass is 10.2. The summed E-state index contributed by atoms with van der Waals surface area (Å²) in [6.07, 6.45) is 0. The van der Waals surface area contributed by atoms with E-state index in [1.807, 2.05) is 0 Å². The van der Waals surface area contributed by atoms with Crippen molar-refractivity contribution in [3.05, 3.63) is 34.1 Å². The molecule has 0 spiro atoms. The largest absolute Gasteiger partial charge is 0.360 e. The van der Waals surface area contributed by atoms with E-state index in [2.05, 4.69) is 5.32 Å². The van der Waals surface area contributed by atoms with Crippen LogP contribution in [0.15, 0.2) is 18.2 Å². The maximum absolute atomic E-state index is 13.2. The average Bonchev–Trinajstić information content (AvgIpc) is 2.28. The second kappa shape index (κ2) is 4.36. The number of carbonyl (C=O) groups excluding carboxylic acids is 1. The Labute approximate surface area is 96.2 Å². The number of nitrogens with one attached hydrogen (secondary N) is 1. The van der Waals surface area contributed by atoms with E-state index in [0.29, 0.717) is 18.8 Å². The molecule has 7 heteroatoms. The first kappa shape index (κ1) is 11.3. The van der Waals surface area contributed by atoms with Crippen LogP contribution in [0.5, 0.6) is 0 Å². The van der Waals surface area contributed by atoms with E-state index >= 15 is 0 Å². The molecule has 1 aromatic carbocycles. The summed E-state index contributed by atoms with van der Waals surface area (Å²) >= 11 is 0. The van der Waals surface area contributed by atoms with Crippen LogP contribution in [0, 0.1) is 15.9 Å². The van der Waals surface area contributed by atoms with E-state index in [1.54, 1.807) is 4.90 Å². The first-order valence-corrected chi connectivity index (χ1v) is 5.03. The highest BCUT2D eigenvalue weighted by Crippen LogP contribution is 2.23. The molecule has 1 heterocycles. The number of hydrogen-bond acceptors (Lipinski definition) is 4. The van der Waals surface area contributed by atoms with Crippen LogP contribution in [0.2, 0.25) is 0 Å². The fraction of sp³-hybridized carbons (Fsp3) is 0.300. The number of hydrogen-bond donors (Lipinski definition) is 1. The Kier molecular flexibility index (Phi) is 2.90. The van der Waals surface area contributed by atoms with Crippen molar-refractivity contribution < 1.29 is 14.1 Å². The maximum atomic E-state index is 13.2. The monoisotopic (exact) mass is 239 g/mol. The topological polar surface area (TPSA) is 75.5 Å². The molecule has 1 aromatic rings. The zero-order chi connectivity index (χ0) is 12.4. The number of rotatable bonds is 2. The number of benzene rings is 1. The first-order chi connectivity index (χ1) is 8.06. The number of halogens is 1. The highest BCUT2D eigenvalue weighted by Gasteiger charge is 2.19. The third kappa shape index (κ3) is 2.49. The Morgan fingerprint density at radius 1 is 1.41 bits per heavy atom. The van der Waals surface area contributed by atoms with Gasteiger partial charge >= 0.3 is 0 Å². The smallest absolute Gasteiger partial charge is 0.274 e. The van der Waals surface area contributed by atoms with Crippen molar-refractivity contribution in [2.24, 2.45) is 0 Å². The predicted octanol–water partition coefficient (Wildman–Crippen LogP) is 0.670. The Bertz CT molecular complexity index is 478. The van der Waals surface area contributed by atoms with E-state index in [1.165, 1.54) is 12.1 Å². The van der Waals surface area contributed by atoms with Crippen molar-refractivity contribution in [1.82, 2.24) is 5.32 Å². The second-order valence-corrected chi connectivity index (χ2v) is 3.70. The number of carbonyl (C=O) groups is 1. The summed E-state index contributed by atoms with van der Waals surface area (Å²) in [6, 6.07) is 3.31. The van der Waals surface area contributed by atoms with Crippen LogP contribution in [0.1, 0.15) is 0 Å². The highest BCUT2D eigenvalue weighted by atomic mass is 19.1. The molecule has 1 saturated heterocycles. The zero-order valence-electron chi connectivity index (χ0n) is 8.85. The Balaban J connectivity index is 2.31. The van der Waals surface area contributed by atoms with Crippen molar-refractivity contribution in [1.29, 1.82) is 0 Å². The number of nitro groups is 1. The summed E-state index contributed by atoms with van der Waals surface area (Å²) in [5.74, 6) is -0.858. The molecule has 6 nitrogen and oxygen atoms in total. The summed E-state index contributed by atoms with van der Waals surface area (Å²) in [7, 11) is 0. The molecule has 0 bridgehead atoms. The molecule has 0 saturated carbocycles. The van der Waals surface area contributed by atoms with Gasteiger partial charge in [-0.15, -0.1) is 0 Å². The molecule has 0 aliphatic carbocycles. The van der Waals surface area contributed by atoms with Crippen molar-refractivity contribution in [2.75, 3.05) is 24.5 Å². The van der Waals surface area contributed by atoms with Gasteiger partial charge in [0.1, 0.15) is 5.82 Å². The molecular weight excluding hydrogens is 229 g/mol. The summed E-state index contributed by atoms with van der Waals surface area (Å²) in [4.78, 5) is 22.7. The number of piperazine rings is 1. The molecule has 1 fully saturated rings. The molecule has 1 N–H and O–H groups in total. The fourth-order valence-electron chi connectivity index (χ4n) is 1.71. The third-order valence-electron chi connectivity index (χ3n) is 2.48. The van der Waals surface area contributed by atoms with E-state index in [-0.39, 0.29) is 18.1 Å². The van der Waals surface area contributed by atoms with Gasteiger partial charge in [-0.3, -0.25) is 14.9 Å². The lowest BCUT2D eigenvalue weighted by Gasteiger charge is -2.28. The summed E-state index contributed by atoms with van der Waals surface area (Å²) in [6.45, 7) is 1.04. The highest BCUT2D eigenvalue weighted by molar-refractivity contribution is 5.82. The molecule has 1 aliphatic rings. The minimum absolute atomic E-state index is 0.0839. The Morgan fingerprint density at radius 3 is 2.82 bits per heavy atom. The van der Waals surface area contributed by atoms with Crippen LogP contribution in [0.25, 0.3) is 0 Å². The quantitative estimate of drug-likeness (QED) is 0.608. The van der Waals surface area contributed by atoms with Crippen molar-refractivity contribution in [3.63, 3.8) is 0 Å². The molecule has 0 atom stereocenters. The molecule has 90 valence electrons. The van der Waals surface area contributed by atoms with Crippen molar-refractivity contribution in [3.8, 4) is 0 Å². The van der Waals surface area contributed by atoms with Gasteiger partial charge in [0.2, 0.25) is 5.91 Å². The van der Waals surface area contributed by atoms with Gasteiger partial charge in [-0.1, -0.05) is 0 Å².